The minimum atomic E-state index is -3.53. The topological polar surface area (TPSA) is 75.7 Å². The van der Waals surface area contributed by atoms with Crippen LogP contribution in [0.15, 0.2) is 48.5 Å². The van der Waals surface area contributed by atoms with Crippen LogP contribution in [0.2, 0.25) is 0 Å². The summed E-state index contributed by atoms with van der Waals surface area (Å²) in [7, 11) is -3.53. The molecule has 0 bridgehead atoms. The van der Waals surface area contributed by atoms with Crippen molar-refractivity contribution in [1.82, 2.24) is 5.32 Å². The van der Waals surface area contributed by atoms with E-state index in [0.717, 1.165) is 11.8 Å². The lowest BCUT2D eigenvalue weighted by atomic mass is 9.86. The first-order chi connectivity index (χ1) is 13.5. The molecule has 6 nitrogen and oxygen atoms in total. The number of carbonyl (C=O) groups is 1. The third kappa shape index (κ3) is 4.72. The van der Waals surface area contributed by atoms with E-state index in [-0.39, 0.29) is 23.9 Å². The fourth-order valence-electron chi connectivity index (χ4n) is 3.31. The van der Waals surface area contributed by atoms with E-state index in [0.29, 0.717) is 11.4 Å². The normalized spacial score (nSPS) is 17.8. The fraction of sp³-hybridized carbons (Fsp3) is 0.409. The van der Waals surface area contributed by atoms with E-state index in [1.54, 1.807) is 24.3 Å². The van der Waals surface area contributed by atoms with E-state index in [2.05, 4.69) is 38.2 Å². The highest BCUT2D eigenvalue weighted by molar-refractivity contribution is 7.92. The molecule has 2 aromatic rings. The third-order valence-electron chi connectivity index (χ3n) is 5.06. The van der Waals surface area contributed by atoms with Crippen molar-refractivity contribution in [2.45, 2.75) is 45.3 Å². The maximum absolute atomic E-state index is 12.8. The molecular formula is C22H28N2O4S. The number of hydrogen-bond acceptors (Lipinski definition) is 4. The number of ether oxygens (including phenoxy) is 1. The number of benzene rings is 2. The van der Waals surface area contributed by atoms with Gasteiger partial charge < -0.3 is 10.1 Å². The Kier molecular flexibility index (Phi) is 5.63. The average molecular weight is 417 g/mol. The van der Waals surface area contributed by atoms with Crippen LogP contribution in [0, 0.1) is 0 Å². The summed E-state index contributed by atoms with van der Waals surface area (Å²) in [5.41, 5.74) is 2.70. The molecule has 0 spiro atoms. The van der Waals surface area contributed by atoms with E-state index in [9.17, 15) is 13.2 Å². The van der Waals surface area contributed by atoms with Crippen LogP contribution in [-0.2, 0) is 20.2 Å². The van der Waals surface area contributed by atoms with Gasteiger partial charge in [-0.3, -0.25) is 9.10 Å². The Morgan fingerprint density at radius 2 is 1.76 bits per heavy atom. The van der Waals surface area contributed by atoms with E-state index >= 15 is 0 Å². The van der Waals surface area contributed by atoms with Crippen LogP contribution in [0.4, 0.5) is 5.69 Å². The third-order valence-corrected chi connectivity index (χ3v) is 6.21. The Hall–Kier alpha value is -2.54. The van der Waals surface area contributed by atoms with Crippen LogP contribution in [0.5, 0.6) is 5.75 Å². The van der Waals surface area contributed by atoms with Crippen molar-refractivity contribution in [2.24, 2.45) is 0 Å². The number of rotatable bonds is 4. The molecule has 1 aliphatic heterocycles. The molecule has 2 atom stereocenters. The molecule has 1 heterocycles. The van der Waals surface area contributed by atoms with Crippen LogP contribution in [-0.4, -0.2) is 33.2 Å². The van der Waals surface area contributed by atoms with Crippen molar-refractivity contribution in [2.75, 3.05) is 17.1 Å². The predicted octanol–water partition coefficient (Wildman–Crippen LogP) is 3.39. The summed E-state index contributed by atoms with van der Waals surface area (Å²) in [4.78, 5) is 12.8. The smallest absolute Gasteiger partial charge is 0.263 e. The van der Waals surface area contributed by atoms with Gasteiger partial charge in [-0.25, -0.2) is 8.42 Å². The lowest BCUT2D eigenvalue weighted by Gasteiger charge is -2.34. The van der Waals surface area contributed by atoms with E-state index in [1.165, 1.54) is 9.87 Å². The molecule has 1 N–H and O–H groups in total. The predicted molar refractivity (Wildman–Crippen MR) is 115 cm³/mol. The second-order valence-corrected chi connectivity index (χ2v) is 10.4. The molecule has 0 radical (unpaired) electrons. The minimum absolute atomic E-state index is 0.0582. The number of sulfonamides is 1. The standard InChI is InChI=1S/C22H28N2O4S/c1-15(16-10-12-17(13-11-16)22(2,3)4)23-21(25)20-14-24(29(5,26)27)18-8-6-7-9-19(18)28-20/h6-13,15,20H,14H2,1-5H3,(H,23,25). The molecule has 0 aliphatic carbocycles. The number of hydrogen-bond donors (Lipinski definition) is 1. The molecule has 2 unspecified atom stereocenters. The van der Waals surface area contributed by atoms with Crippen molar-refractivity contribution in [3.05, 3.63) is 59.7 Å². The first kappa shape index (κ1) is 21.2. The second-order valence-electron chi connectivity index (χ2n) is 8.47. The van der Waals surface area contributed by atoms with Crippen LogP contribution >= 0.6 is 0 Å². The van der Waals surface area contributed by atoms with Crippen molar-refractivity contribution in [3.8, 4) is 5.75 Å². The highest BCUT2D eigenvalue weighted by Crippen LogP contribution is 2.34. The summed E-state index contributed by atoms with van der Waals surface area (Å²) in [5.74, 6) is 0.0343. The molecule has 1 aliphatic rings. The van der Waals surface area contributed by atoms with E-state index in [4.69, 9.17) is 4.74 Å². The fourth-order valence-corrected chi connectivity index (χ4v) is 4.23. The number of amides is 1. The summed E-state index contributed by atoms with van der Waals surface area (Å²) in [6.07, 6.45) is 0.208. The quantitative estimate of drug-likeness (QED) is 0.829. The molecule has 156 valence electrons. The van der Waals surface area contributed by atoms with Crippen molar-refractivity contribution in [3.63, 3.8) is 0 Å². The van der Waals surface area contributed by atoms with Crippen molar-refractivity contribution in [1.29, 1.82) is 0 Å². The largest absolute Gasteiger partial charge is 0.476 e. The number of para-hydroxylation sites is 2. The summed E-state index contributed by atoms with van der Waals surface area (Å²) >= 11 is 0. The highest BCUT2D eigenvalue weighted by atomic mass is 32.2. The van der Waals surface area contributed by atoms with Crippen LogP contribution in [0.3, 0.4) is 0 Å². The molecule has 29 heavy (non-hydrogen) atoms. The molecular weight excluding hydrogens is 388 g/mol. The number of carbonyl (C=O) groups excluding carboxylic acids is 1. The van der Waals surface area contributed by atoms with Gasteiger partial charge in [0.1, 0.15) is 5.75 Å². The monoisotopic (exact) mass is 416 g/mol. The molecule has 0 saturated carbocycles. The Morgan fingerprint density at radius 1 is 1.14 bits per heavy atom. The number of fused-ring (bicyclic) bond motifs is 1. The van der Waals surface area contributed by atoms with Gasteiger partial charge in [0.25, 0.3) is 5.91 Å². The maximum atomic E-state index is 12.8. The molecule has 0 fully saturated rings. The van der Waals surface area contributed by atoms with Gasteiger partial charge in [-0.1, -0.05) is 57.2 Å². The van der Waals surface area contributed by atoms with Crippen molar-refractivity contribution >= 4 is 21.6 Å². The van der Waals surface area contributed by atoms with Gasteiger partial charge in [0.05, 0.1) is 24.5 Å². The van der Waals surface area contributed by atoms with Gasteiger partial charge >= 0.3 is 0 Å². The average Bonchev–Trinajstić information content (AvgIpc) is 2.65. The summed E-state index contributed by atoms with van der Waals surface area (Å²) in [6, 6.07) is 14.7. The first-order valence-corrected chi connectivity index (χ1v) is 11.5. The number of anilines is 1. The molecule has 7 heteroatoms. The molecule has 0 saturated heterocycles. The molecule has 0 aromatic heterocycles. The van der Waals surface area contributed by atoms with Gasteiger partial charge in [0, 0.05) is 0 Å². The van der Waals surface area contributed by atoms with Gasteiger partial charge in [0.15, 0.2) is 6.10 Å². The Labute approximate surface area is 172 Å². The summed E-state index contributed by atoms with van der Waals surface area (Å²) in [5, 5.41) is 2.94. The zero-order valence-electron chi connectivity index (χ0n) is 17.5. The van der Waals surface area contributed by atoms with Gasteiger partial charge in [0.2, 0.25) is 10.0 Å². The van der Waals surface area contributed by atoms with Crippen LogP contribution in [0.1, 0.15) is 44.9 Å². The molecule has 2 aromatic carbocycles. The summed E-state index contributed by atoms with van der Waals surface area (Å²) in [6.45, 7) is 8.30. The van der Waals surface area contributed by atoms with Gasteiger partial charge in [-0.2, -0.15) is 0 Å². The van der Waals surface area contributed by atoms with Gasteiger partial charge in [-0.05, 0) is 35.6 Å². The van der Waals surface area contributed by atoms with E-state index < -0.39 is 16.1 Å². The Balaban J connectivity index is 1.75. The minimum Gasteiger partial charge on any atom is -0.476 e. The SMILES string of the molecule is CC(NC(=O)C1CN(S(C)(=O)=O)c2ccccc2O1)c1ccc(C(C)(C)C)cc1. The van der Waals surface area contributed by atoms with E-state index in [1.807, 2.05) is 19.1 Å². The zero-order valence-corrected chi connectivity index (χ0v) is 18.3. The van der Waals surface area contributed by atoms with Gasteiger partial charge in [-0.15, -0.1) is 0 Å². The molecule has 1 amide bonds. The second kappa shape index (κ2) is 7.71. The van der Waals surface area contributed by atoms with Crippen LogP contribution < -0.4 is 14.4 Å². The number of nitrogens with one attached hydrogen (secondary N) is 1. The number of nitrogens with zero attached hydrogens (tertiary/aromatic N) is 1. The zero-order chi connectivity index (χ0) is 21.4. The molecule has 3 rings (SSSR count). The Morgan fingerprint density at radius 3 is 2.34 bits per heavy atom. The van der Waals surface area contributed by atoms with Crippen LogP contribution in [0.25, 0.3) is 0 Å². The maximum Gasteiger partial charge on any atom is 0.263 e. The highest BCUT2D eigenvalue weighted by Gasteiger charge is 2.35. The lowest BCUT2D eigenvalue weighted by molar-refractivity contribution is -0.128. The summed E-state index contributed by atoms with van der Waals surface area (Å²) < 4.78 is 31.4. The first-order valence-electron chi connectivity index (χ1n) is 9.61. The Bertz CT molecular complexity index is 994. The van der Waals surface area contributed by atoms with Crippen molar-refractivity contribution < 1.29 is 17.9 Å². The lowest BCUT2D eigenvalue weighted by Crippen LogP contribution is -2.50.